The standard InChI is InChI=1S/C24H24ClFN4O/c1-2-20(30-24(31)13-3-5-14(25)6-4-13)22-17-10-16(11-18(17)22)29-23-19-9-15(26)7-8-21(19)27-12-28-23/h3-9,12,16-18,20,22H,2,10-11H2,1H3,(H,30,31)(H,27,28,29)/t16-,17-,18+,20-,22+/m1/s1. The summed E-state index contributed by atoms with van der Waals surface area (Å²) >= 11 is 5.92. The molecule has 7 heteroatoms. The van der Waals surface area contributed by atoms with Crippen molar-refractivity contribution >= 4 is 34.2 Å². The third-order valence-electron chi connectivity index (χ3n) is 6.78. The van der Waals surface area contributed by atoms with Gasteiger partial charge < -0.3 is 10.6 Å². The predicted octanol–water partition coefficient (Wildman–Crippen LogP) is 5.07. The molecule has 5 nitrogen and oxygen atoms in total. The van der Waals surface area contributed by atoms with Crippen molar-refractivity contribution in [3.05, 3.63) is 65.2 Å². The van der Waals surface area contributed by atoms with Crippen molar-refractivity contribution in [2.24, 2.45) is 17.8 Å². The van der Waals surface area contributed by atoms with Gasteiger partial charge in [-0.25, -0.2) is 14.4 Å². The number of hydrogen-bond acceptors (Lipinski definition) is 4. The van der Waals surface area contributed by atoms with Gasteiger partial charge in [0.15, 0.2) is 0 Å². The van der Waals surface area contributed by atoms with Gasteiger partial charge in [0.1, 0.15) is 18.0 Å². The summed E-state index contributed by atoms with van der Waals surface area (Å²) in [5.41, 5.74) is 1.37. The largest absolute Gasteiger partial charge is 0.367 e. The van der Waals surface area contributed by atoms with Crippen molar-refractivity contribution in [2.75, 3.05) is 5.32 Å². The molecule has 0 bridgehead atoms. The molecule has 160 valence electrons. The smallest absolute Gasteiger partial charge is 0.251 e. The Morgan fingerprint density at radius 1 is 1.16 bits per heavy atom. The van der Waals surface area contributed by atoms with E-state index in [2.05, 4.69) is 27.5 Å². The summed E-state index contributed by atoms with van der Waals surface area (Å²) < 4.78 is 13.7. The van der Waals surface area contributed by atoms with Crippen LogP contribution in [0.5, 0.6) is 0 Å². The van der Waals surface area contributed by atoms with Crippen LogP contribution >= 0.6 is 11.6 Å². The summed E-state index contributed by atoms with van der Waals surface area (Å²) in [6.45, 7) is 2.12. The van der Waals surface area contributed by atoms with E-state index in [0.29, 0.717) is 45.6 Å². The van der Waals surface area contributed by atoms with Crippen LogP contribution in [0.3, 0.4) is 0 Å². The molecule has 1 aromatic heterocycles. The quantitative estimate of drug-likeness (QED) is 0.564. The molecule has 0 spiro atoms. The fraction of sp³-hybridized carbons (Fsp3) is 0.375. The van der Waals surface area contributed by atoms with E-state index in [1.807, 2.05) is 0 Å². The van der Waals surface area contributed by atoms with Crippen LogP contribution in [-0.4, -0.2) is 28.0 Å². The molecule has 5 rings (SSSR count). The van der Waals surface area contributed by atoms with Crippen LogP contribution in [-0.2, 0) is 0 Å². The van der Waals surface area contributed by atoms with Crippen molar-refractivity contribution in [3.63, 3.8) is 0 Å². The van der Waals surface area contributed by atoms with Crippen LogP contribution in [0.1, 0.15) is 36.5 Å². The Morgan fingerprint density at radius 3 is 2.61 bits per heavy atom. The van der Waals surface area contributed by atoms with E-state index in [9.17, 15) is 9.18 Å². The van der Waals surface area contributed by atoms with Gasteiger partial charge in [-0.2, -0.15) is 0 Å². The van der Waals surface area contributed by atoms with Gasteiger partial charge in [0.25, 0.3) is 5.91 Å². The number of carbonyl (C=O) groups is 1. The van der Waals surface area contributed by atoms with Gasteiger partial charge in [-0.05, 0) is 79.5 Å². The van der Waals surface area contributed by atoms with Crippen LogP contribution in [0.4, 0.5) is 10.2 Å². The number of rotatable bonds is 6. The molecule has 31 heavy (non-hydrogen) atoms. The second-order valence-electron chi connectivity index (χ2n) is 8.60. The summed E-state index contributed by atoms with van der Waals surface area (Å²) in [4.78, 5) is 21.2. The third kappa shape index (κ3) is 3.97. The number of nitrogens with one attached hydrogen (secondary N) is 2. The number of nitrogens with zero attached hydrogens (tertiary/aromatic N) is 2. The van der Waals surface area contributed by atoms with Crippen LogP contribution in [0, 0.1) is 23.6 Å². The molecule has 0 aliphatic heterocycles. The lowest BCUT2D eigenvalue weighted by molar-refractivity contribution is 0.0927. The van der Waals surface area contributed by atoms with Gasteiger partial charge in [0.2, 0.25) is 0 Å². The fourth-order valence-electron chi connectivity index (χ4n) is 5.27. The van der Waals surface area contributed by atoms with E-state index in [0.717, 1.165) is 24.8 Å². The molecule has 1 amide bonds. The van der Waals surface area contributed by atoms with Gasteiger partial charge in [-0.15, -0.1) is 0 Å². The van der Waals surface area contributed by atoms with E-state index in [4.69, 9.17) is 11.6 Å². The maximum atomic E-state index is 13.7. The van der Waals surface area contributed by atoms with Crippen molar-refractivity contribution in [1.29, 1.82) is 0 Å². The number of hydrogen-bond donors (Lipinski definition) is 2. The van der Waals surface area contributed by atoms with Crippen LogP contribution in [0.15, 0.2) is 48.8 Å². The lowest BCUT2D eigenvalue weighted by atomic mass is 9.99. The Balaban J connectivity index is 1.21. The lowest BCUT2D eigenvalue weighted by Gasteiger charge is -2.22. The SMILES string of the molecule is CC[C@@H](NC(=O)c1ccc(Cl)cc1)[C@H]1[C@@H]2C[C@@H](Nc3ncnc4ccc(F)cc34)C[C@@H]21. The van der Waals surface area contributed by atoms with Crippen molar-refractivity contribution in [1.82, 2.24) is 15.3 Å². The second kappa shape index (κ2) is 8.08. The highest BCUT2D eigenvalue weighted by Crippen LogP contribution is 2.59. The number of fused-ring (bicyclic) bond motifs is 2. The number of halogens is 2. The topological polar surface area (TPSA) is 66.9 Å². The minimum Gasteiger partial charge on any atom is -0.367 e. The van der Waals surface area contributed by atoms with E-state index in [1.54, 1.807) is 30.3 Å². The monoisotopic (exact) mass is 438 g/mol. The third-order valence-corrected chi connectivity index (χ3v) is 7.03. The summed E-state index contributed by atoms with van der Waals surface area (Å²) in [6.07, 6.45) is 4.48. The lowest BCUT2D eigenvalue weighted by Crippen LogP contribution is -2.38. The summed E-state index contributed by atoms with van der Waals surface area (Å²) in [7, 11) is 0. The molecule has 2 aromatic carbocycles. The molecule has 5 atom stereocenters. The Kier molecular flexibility index (Phi) is 5.26. The normalized spacial score (nSPS) is 25.1. The Hall–Kier alpha value is -2.73. The molecule has 1 heterocycles. The average molecular weight is 439 g/mol. The van der Waals surface area contributed by atoms with Crippen LogP contribution in [0.25, 0.3) is 10.9 Å². The Labute approximate surface area is 185 Å². The first kappa shape index (κ1) is 20.2. The number of amides is 1. The summed E-state index contributed by atoms with van der Waals surface area (Å²) in [5, 5.41) is 8.06. The molecule has 0 radical (unpaired) electrons. The zero-order valence-electron chi connectivity index (χ0n) is 17.2. The molecular formula is C24H24ClFN4O. The Bertz CT molecular complexity index is 1110. The Morgan fingerprint density at radius 2 is 1.90 bits per heavy atom. The molecule has 2 N–H and O–H groups in total. The number of aromatic nitrogens is 2. The number of benzene rings is 2. The summed E-state index contributed by atoms with van der Waals surface area (Å²) in [5.74, 6) is 2.06. The number of anilines is 1. The highest BCUT2D eigenvalue weighted by atomic mass is 35.5. The molecule has 3 aromatic rings. The van der Waals surface area contributed by atoms with E-state index >= 15 is 0 Å². The van der Waals surface area contributed by atoms with Gasteiger partial charge in [0, 0.05) is 28.1 Å². The zero-order chi connectivity index (χ0) is 21.5. The van der Waals surface area contributed by atoms with E-state index in [-0.39, 0.29) is 17.8 Å². The molecule has 2 aliphatic rings. The van der Waals surface area contributed by atoms with Crippen LogP contribution in [0.2, 0.25) is 5.02 Å². The van der Waals surface area contributed by atoms with Crippen molar-refractivity contribution in [2.45, 2.75) is 38.3 Å². The zero-order valence-corrected chi connectivity index (χ0v) is 17.9. The van der Waals surface area contributed by atoms with Crippen LogP contribution < -0.4 is 10.6 Å². The first-order valence-electron chi connectivity index (χ1n) is 10.8. The maximum Gasteiger partial charge on any atom is 0.251 e. The molecule has 0 unspecified atom stereocenters. The maximum absolute atomic E-state index is 13.7. The van der Waals surface area contributed by atoms with Crippen molar-refractivity contribution < 1.29 is 9.18 Å². The summed E-state index contributed by atoms with van der Waals surface area (Å²) in [6, 6.07) is 12.0. The average Bonchev–Trinajstić information content (AvgIpc) is 3.26. The fourth-order valence-corrected chi connectivity index (χ4v) is 5.39. The highest BCUT2D eigenvalue weighted by Gasteiger charge is 2.58. The first-order valence-corrected chi connectivity index (χ1v) is 11.1. The minimum absolute atomic E-state index is 0.0438. The second-order valence-corrected chi connectivity index (χ2v) is 9.03. The molecule has 2 fully saturated rings. The van der Waals surface area contributed by atoms with Crippen molar-refractivity contribution in [3.8, 4) is 0 Å². The molecular weight excluding hydrogens is 415 g/mol. The predicted molar refractivity (Wildman–Crippen MR) is 120 cm³/mol. The van der Waals surface area contributed by atoms with E-state index < -0.39 is 0 Å². The highest BCUT2D eigenvalue weighted by molar-refractivity contribution is 6.30. The van der Waals surface area contributed by atoms with Gasteiger partial charge in [-0.3, -0.25) is 4.79 Å². The van der Waals surface area contributed by atoms with Gasteiger partial charge in [-0.1, -0.05) is 18.5 Å². The van der Waals surface area contributed by atoms with Gasteiger partial charge in [0.05, 0.1) is 5.52 Å². The minimum atomic E-state index is -0.290. The van der Waals surface area contributed by atoms with Gasteiger partial charge >= 0.3 is 0 Å². The molecule has 2 saturated carbocycles. The first-order chi connectivity index (χ1) is 15.0. The molecule has 2 aliphatic carbocycles. The molecule has 0 saturated heterocycles. The van der Waals surface area contributed by atoms with E-state index in [1.165, 1.54) is 18.5 Å². The number of carbonyl (C=O) groups excluding carboxylic acids is 1.